The average molecular weight is 303 g/mol. The summed E-state index contributed by atoms with van der Waals surface area (Å²) in [4.78, 5) is 12.6. The van der Waals surface area contributed by atoms with E-state index in [0.717, 1.165) is 18.9 Å². The molecule has 0 aliphatic carbocycles. The van der Waals surface area contributed by atoms with E-state index in [-0.39, 0.29) is 11.3 Å². The van der Waals surface area contributed by atoms with Gasteiger partial charge in [-0.25, -0.2) is 4.39 Å². The molecule has 1 aromatic carbocycles. The van der Waals surface area contributed by atoms with Gasteiger partial charge in [0, 0.05) is 5.56 Å². The molecule has 1 unspecified atom stereocenters. The Labute approximate surface area is 120 Å². The number of ketones is 1. The summed E-state index contributed by atoms with van der Waals surface area (Å²) in [5.74, 6) is -1.73. The molecule has 6 heteroatoms. The van der Waals surface area contributed by atoms with Crippen molar-refractivity contribution < 1.29 is 22.4 Å². The highest BCUT2D eigenvalue weighted by atomic mass is 19.4. The Morgan fingerprint density at radius 2 is 2.10 bits per heavy atom. The minimum atomic E-state index is -4.75. The number of hydrogen-bond donors (Lipinski definition) is 1. The molecular formula is C15H17F4NO. The smallest absolute Gasteiger partial charge is 0.305 e. The third-order valence-electron chi connectivity index (χ3n) is 3.89. The third-order valence-corrected chi connectivity index (χ3v) is 3.89. The van der Waals surface area contributed by atoms with Crippen molar-refractivity contribution >= 4 is 5.78 Å². The number of carbonyl (C=O) groups is 1. The second kappa shape index (κ2) is 5.75. The lowest BCUT2D eigenvalue weighted by Crippen LogP contribution is -2.47. The van der Waals surface area contributed by atoms with E-state index in [2.05, 4.69) is 5.32 Å². The molecule has 1 aromatic rings. The summed E-state index contributed by atoms with van der Waals surface area (Å²) in [6, 6.07) is 2.39. The van der Waals surface area contributed by atoms with Crippen molar-refractivity contribution in [2.75, 3.05) is 6.54 Å². The highest BCUT2D eigenvalue weighted by Crippen LogP contribution is 2.33. The number of nitrogens with one attached hydrogen (secondary N) is 1. The lowest BCUT2D eigenvalue weighted by molar-refractivity contribution is -0.140. The Morgan fingerprint density at radius 3 is 2.57 bits per heavy atom. The van der Waals surface area contributed by atoms with Gasteiger partial charge in [-0.1, -0.05) is 19.4 Å². The van der Waals surface area contributed by atoms with Crippen molar-refractivity contribution in [3.63, 3.8) is 0 Å². The van der Waals surface area contributed by atoms with Crippen LogP contribution in [-0.4, -0.2) is 17.9 Å². The molecule has 1 fully saturated rings. The van der Waals surface area contributed by atoms with E-state index >= 15 is 0 Å². The molecule has 1 atom stereocenters. The second-order valence-electron chi connectivity index (χ2n) is 5.38. The van der Waals surface area contributed by atoms with Crippen LogP contribution in [0.3, 0.4) is 0 Å². The molecule has 0 aromatic heterocycles. The molecule has 21 heavy (non-hydrogen) atoms. The first-order chi connectivity index (χ1) is 9.80. The van der Waals surface area contributed by atoms with Gasteiger partial charge in [-0.2, -0.15) is 13.2 Å². The zero-order valence-electron chi connectivity index (χ0n) is 11.7. The van der Waals surface area contributed by atoms with Crippen LogP contribution in [0.15, 0.2) is 18.2 Å². The van der Waals surface area contributed by atoms with E-state index in [1.807, 2.05) is 6.92 Å². The third kappa shape index (κ3) is 3.10. The SMILES string of the molecule is CCCC1(C(=O)c2ccc(C(F)(F)F)c(F)c2)CCCN1. The van der Waals surface area contributed by atoms with Gasteiger partial charge >= 0.3 is 6.18 Å². The summed E-state index contributed by atoms with van der Waals surface area (Å²) in [5, 5.41) is 3.14. The first-order valence-electron chi connectivity index (χ1n) is 6.97. The van der Waals surface area contributed by atoms with E-state index in [1.165, 1.54) is 0 Å². The Morgan fingerprint density at radius 1 is 1.38 bits per heavy atom. The summed E-state index contributed by atoms with van der Waals surface area (Å²) in [6.07, 6.45) is -1.94. The Bertz CT molecular complexity index is 533. The normalized spacial score (nSPS) is 22.5. The van der Waals surface area contributed by atoms with E-state index in [0.29, 0.717) is 31.5 Å². The van der Waals surface area contributed by atoms with Gasteiger partial charge < -0.3 is 5.32 Å². The minimum Gasteiger partial charge on any atom is -0.305 e. The standard InChI is InChI=1S/C15H17F4NO/c1-2-6-14(7-3-8-20-14)13(21)10-4-5-11(12(16)9-10)15(17,18)19/h4-5,9,20H,2-3,6-8H2,1H3. The van der Waals surface area contributed by atoms with Crippen molar-refractivity contribution in [1.29, 1.82) is 0 Å². The maximum atomic E-state index is 13.6. The molecule has 0 amide bonds. The van der Waals surface area contributed by atoms with Crippen molar-refractivity contribution in [2.45, 2.75) is 44.3 Å². The summed E-state index contributed by atoms with van der Waals surface area (Å²) in [5.41, 5.74) is -2.12. The predicted octanol–water partition coefficient (Wildman–Crippen LogP) is 3.95. The van der Waals surface area contributed by atoms with Crippen molar-refractivity contribution in [1.82, 2.24) is 5.32 Å². The number of hydrogen-bond acceptors (Lipinski definition) is 2. The molecule has 0 saturated carbocycles. The molecule has 0 bridgehead atoms. The first kappa shape index (κ1) is 15.9. The largest absolute Gasteiger partial charge is 0.419 e. The van der Waals surface area contributed by atoms with Crippen LogP contribution < -0.4 is 5.32 Å². The van der Waals surface area contributed by atoms with Crippen molar-refractivity contribution in [3.05, 3.63) is 35.1 Å². The highest BCUT2D eigenvalue weighted by Gasteiger charge is 2.41. The second-order valence-corrected chi connectivity index (χ2v) is 5.38. The predicted molar refractivity (Wildman–Crippen MR) is 70.6 cm³/mol. The maximum Gasteiger partial charge on any atom is 0.419 e. The van der Waals surface area contributed by atoms with Crippen LogP contribution in [0.5, 0.6) is 0 Å². The average Bonchev–Trinajstić information content (AvgIpc) is 2.86. The molecule has 1 heterocycles. The summed E-state index contributed by atoms with van der Waals surface area (Å²) in [7, 11) is 0. The van der Waals surface area contributed by atoms with Crippen LogP contribution in [0.1, 0.15) is 48.5 Å². The maximum absolute atomic E-state index is 13.6. The monoisotopic (exact) mass is 303 g/mol. The van der Waals surface area contributed by atoms with Crippen molar-refractivity contribution in [3.8, 4) is 0 Å². The van der Waals surface area contributed by atoms with Gasteiger partial charge in [0.05, 0.1) is 11.1 Å². The van der Waals surface area contributed by atoms with Gasteiger partial charge in [-0.05, 0) is 37.9 Å². The Balaban J connectivity index is 2.33. The quantitative estimate of drug-likeness (QED) is 0.674. The fraction of sp³-hybridized carbons (Fsp3) is 0.533. The lowest BCUT2D eigenvalue weighted by atomic mass is 9.83. The van der Waals surface area contributed by atoms with Gasteiger partial charge in [0.15, 0.2) is 5.78 Å². The first-order valence-corrected chi connectivity index (χ1v) is 6.97. The number of Topliss-reactive ketones (excluding diaryl/α,β-unsaturated/α-hetero) is 1. The number of alkyl halides is 3. The zero-order valence-corrected chi connectivity index (χ0v) is 11.7. The van der Waals surface area contributed by atoms with E-state index < -0.39 is 23.1 Å². The van der Waals surface area contributed by atoms with Crippen LogP contribution in [-0.2, 0) is 6.18 Å². The lowest BCUT2D eigenvalue weighted by Gasteiger charge is -2.27. The van der Waals surface area contributed by atoms with Gasteiger partial charge in [0.1, 0.15) is 5.82 Å². The molecule has 116 valence electrons. The van der Waals surface area contributed by atoms with E-state index in [4.69, 9.17) is 0 Å². The van der Waals surface area contributed by atoms with Crippen LogP contribution in [0.25, 0.3) is 0 Å². The zero-order chi connectivity index (χ0) is 15.7. The van der Waals surface area contributed by atoms with Crippen LogP contribution in [0, 0.1) is 5.82 Å². The molecule has 0 spiro atoms. The molecule has 1 aliphatic heterocycles. The summed E-state index contributed by atoms with van der Waals surface area (Å²) >= 11 is 0. The van der Waals surface area contributed by atoms with E-state index in [9.17, 15) is 22.4 Å². The van der Waals surface area contributed by atoms with Gasteiger partial charge in [-0.3, -0.25) is 4.79 Å². The van der Waals surface area contributed by atoms with E-state index in [1.54, 1.807) is 0 Å². The number of halogens is 4. The number of rotatable bonds is 4. The molecule has 1 aliphatic rings. The minimum absolute atomic E-state index is 0.0108. The van der Waals surface area contributed by atoms with Crippen LogP contribution in [0.2, 0.25) is 0 Å². The number of carbonyl (C=O) groups excluding carboxylic acids is 1. The molecule has 2 nitrogen and oxygen atoms in total. The van der Waals surface area contributed by atoms with Gasteiger partial charge in [0.2, 0.25) is 0 Å². The summed E-state index contributed by atoms with van der Waals surface area (Å²) < 4.78 is 51.2. The van der Waals surface area contributed by atoms with Gasteiger partial charge in [0.25, 0.3) is 0 Å². The van der Waals surface area contributed by atoms with Crippen LogP contribution >= 0.6 is 0 Å². The number of benzene rings is 1. The topological polar surface area (TPSA) is 29.1 Å². The molecule has 0 radical (unpaired) electrons. The molecule has 2 rings (SSSR count). The van der Waals surface area contributed by atoms with Gasteiger partial charge in [-0.15, -0.1) is 0 Å². The molecular weight excluding hydrogens is 286 g/mol. The van der Waals surface area contributed by atoms with Crippen LogP contribution in [0.4, 0.5) is 17.6 Å². The molecule has 1 saturated heterocycles. The summed E-state index contributed by atoms with van der Waals surface area (Å²) in [6.45, 7) is 2.62. The Kier molecular flexibility index (Phi) is 4.37. The fourth-order valence-corrected chi connectivity index (χ4v) is 2.92. The highest BCUT2D eigenvalue weighted by molar-refractivity contribution is 6.03. The Hall–Kier alpha value is -1.43. The van der Waals surface area contributed by atoms with Crippen molar-refractivity contribution in [2.24, 2.45) is 0 Å². The fourth-order valence-electron chi connectivity index (χ4n) is 2.92. The molecule has 1 N–H and O–H groups in total.